The summed E-state index contributed by atoms with van der Waals surface area (Å²) < 4.78 is 28.5. The van der Waals surface area contributed by atoms with Crippen LogP contribution in [0.3, 0.4) is 0 Å². The number of hydrogen-bond acceptors (Lipinski definition) is 3. The Labute approximate surface area is 145 Å². The van der Waals surface area contributed by atoms with E-state index in [4.69, 9.17) is 0 Å². The second-order valence-electron chi connectivity index (χ2n) is 5.82. The molecule has 1 atom stereocenters. The molecule has 0 spiro atoms. The van der Waals surface area contributed by atoms with Gasteiger partial charge in [-0.3, -0.25) is 0 Å². The molecule has 0 N–H and O–H groups in total. The fraction of sp³-hybridized carbons (Fsp3) is 0.353. The number of sulfonamides is 1. The number of hydrogen-bond donors (Lipinski definition) is 0. The molecule has 1 aromatic carbocycles. The predicted octanol–water partition coefficient (Wildman–Crippen LogP) is 4.07. The van der Waals surface area contributed by atoms with E-state index in [-0.39, 0.29) is 6.04 Å². The third-order valence-electron chi connectivity index (χ3n) is 4.23. The van der Waals surface area contributed by atoms with Crippen molar-refractivity contribution < 1.29 is 8.42 Å². The summed E-state index contributed by atoms with van der Waals surface area (Å²) in [6, 6.07) is 10.7. The Morgan fingerprint density at radius 2 is 1.91 bits per heavy atom. The SMILES string of the molecule is Cc1ccc(S(=O)(=O)N2CCCC[C@H]2c2cccnc2Br)cc1. The van der Waals surface area contributed by atoms with E-state index in [0.29, 0.717) is 11.4 Å². The summed E-state index contributed by atoms with van der Waals surface area (Å²) in [5.41, 5.74) is 1.98. The quantitative estimate of drug-likeness (QED) is 0.737. The summed E-state index contributed by atoms with van der Waals surface area (Å²) in [5, 5.41) is 0. The standard InChI is InChI=1S/C17H19BrN2O2S/c1-13-7-9-14(10-8-13)23(21,22)20-12-3-2-6-16(20)15-5-4-11-19-17(15)18/h4-5,7-11,16H,2-3,6,12H2,1H3/t16-/m0/s1. The lowest BCUT2D eigenvalue weighted by Gasteiger charge is -2.35. The molecule has 0 radical (unpaired) electrons. The maximum absolute atomic E-state index is 13.1. The number of benzene rings is 1. The van der Waals surface area contributed by atoms with E-state index < -0.39 is 10.0 Å². The van der Waals surface area contributed by atoms with E-state index in [2.05, 4.69) is 20.9 Å². The molecule has 0 amide bonds. The highest BCUT2D eigenvalue weighted by Crippen LogP contribution is 2.37. The van der Waals surface area contributed by atoms with E-state index in [0.717, 1.165) is 35.0 Å². The smallest absolute Gasteiger partial charge is 0.243 e. The summed E-state index contributed by atoms with van der Waals surface area (Å²) >= 11 is 3.46. The minimum atomic E-state index is -3.51. The predicted molar refractivity (Wildman–Crippen MR) is 93.6 cm³/mol. The molecule has 122 valence electrons. The highest BCUT2D eigenvalue weighted by molar-refractivity contribution is 9.10. The highest BCUT2D eigenvalue weighted by atomic mass is 79.9. The van der Waals surface area contributed by atoms with Gasteiger partial charge in [-0.25, -0.2) is 13.4 Å². The number of piperidine rings is 1. The first kappa shape index (κ1) is 16.6. The van der Waals surface area contributed by atoms with Crippen LogP contribution >= 0.6 is 15.9 Å². The van der Waals surface area contributed by atoms with Crippen LogP contribution in [0, 0.1) is 6.92 Å². The zero-order valence-corrected chi connectivity index (χ0v) is 15.3. The van der Waals surface area contributed by atoms with Crippen LogP contribution in [0.25, 0.3) is 0 Å². The van der Waals surface area contributed by atoms with Crippen LogP contribution in [-0.4, -0.2) is 24.3 Å². The van der Waals surface area contributed by atoms with Crippen molar-refractivity contribution in [1.29, 1.82) is 0 Å². The summed E-state index contributed by atoms with van der Waals surface area (Å²) in [7, 11) is -3.51. The summed E-state index contributed by atoms with van der Waals surface area (Å²) in [5.74, 6) is 0. The van der Waals surface area contributed by atoms with E-state index in [1.807, 2.05) is 31.2 Å². The van der Waals surface area contributed by atoms with Gasteiger partial charge in [0.1, 0.15) is 4.60 Å². The molecular weight excluding hydrogens is 376 g/mol. The van der Waals surface area contributed by atoms with Crippen molar-refractivity contribution in [2.45, 2.75) is 37.1 Å². The monoisotopic (exact) mass is 394 g/mol. The molecule has 6 heteroatoms. The molecule has 23 heavy (non-hydrogen) atoms. The maximum Gasteiger partial charge on any atom is 0.243 e. The molecular formula is C17H19BrN2O2S. The average molecular weight is 395 g/mol. The number of pyridine rings is 1. The molecule has 2 aromatic rings. The van der Waals surface area contributed by atoms with Crippen molar-refractivity contribution in [3.63, 3.8) is 0 Å². The van der Waals surface area contributed by atoms with Crippen LogP contribution in [0.4, 0.5) is 0 Å². The molecule has 1 aromatic heterocycles. The second-order valence-corrected chi connectivity index (χ2v) is 8.47. The van der Waals surface area contributed by atoms with Crippen LogP contribution in [-0.2, 0) is 10.0 Å². The molecule has 3 rings (SSSR count). The highest BCUT2D eigenvalue weighted by Gasteiger charge is 2.35. The first-order chi connectivity index (χ1) is 11.0. The third-order valence-corrected chi connectivity index (χ3v) is 6.81. The molecule has 4 nitrogen and oxygen atoms in total. The van der Waals surface area contributed by atoms with Gasteiger partial charge in [0.2, 0.25) is 10.0 Å². The molecule has 0 aliphatic carbocycles. The minimum absolute atomic E-state index is 0.168. The zero-order chi connectivity index (χ0) is 16.4. The Bertz CT molecular complexity index is 790. The van der Waals surface area contributed by atoms with Crippen molar-refractivity contribution in [3.05, 3.63) is 58.3 Å². The van der Waals surface area contributed by atoms with E-state index >= 15 is 0 Å². The van der Waals surface area contributed by atoms with Gasteiger partial charge in [-0.1, -0.05) is 30.2 Å². The van der Waals surface area contributed by atoms with Crippen molar-refractivity contribution in [1.82, 2.24) is 9.29 Å². The van der Waals surface area contributed by atoms with Gasteiger partial charge >= 0.3 is 0 Å². The van der Waals surface area contributed by atoms with Crippen LogP contribution in [0.1, 0.15) is 36.4 Å². The number of rotatable bonds is 3. The van der Waals surface area contributed by atoms with Gasteiger partial charge in [0.15, 0.2) is 0 Å². The Balaban J connectivity index is 2.01. The van der Waals surface area contributed by atoms with Gasteiger partial charge < -0.3 is 0 Å². The molecule has 2 heterocycles. The summed E-state index contributed by atoms with van der Waals surface area (Å²) in [6.45, 7) is 2.50. The second kappa shape index (κ2) is 6.71. The Morgan fingerprint density at radius 3 is 2.61 bits per heavy atom. The fourth-order valence-electron chi connectivity index (χ4n) is 3.00. The minimum Gasteiger partial charge on any atom is -0.249 e. The molecule has 0 bridgehead atoms. The van der Waals surface area contributed by atoms with Gasteiger partial charge in [-0.05, 0) is 53.9 Å². The number of aromatic nitrogens is 1. The molecule has 1 saturated heterocycles. The van der Waals surface area contributed by atoms with Crippen LogP contribution in [0.15, 0.2) is 52.1 Å². The van der Waals surface area contributed by atoms with Gasteiger partial charge in [-0.15, -0.1) is 0 Å². The molecule has 0 saturated carbocycles. The maximum atomic E-state index is 13.1. The van der Waals surface area contributed by atoms with Crippen molar-refractivity contribution in [2.75, 3.05) is 6.54 Å². The van der Waals surface area contributed by atoms with E-state index in [1.165, 1.54) is 0 Å². The fourth-order valence-corrected chi connectivity index (χ4v) is 5.19. The number of nitrogens with zero attached hydrogens (tertiary/aromatic N) is 2. The van der Waals surface area contributed by atoms with Crippen LogP contribution in [0.5, 0.6) is 0 Å². The average Bonchev–Trinajstić information content (AvgIpc) is 2.56. The Morgan fingerprint density at radius 1 is 1.17 bits per heavy atom. The van der Waals surface area contributed by atoms with Gasteiger partial charge in [0.25, 0.3) is 0 Å². The van der Waals surface area contributed by atoms with Crippen molar-refractivity contribution in [2.24, 2.45) is 0 Å². The molecule has 1 fully saturated rings. The zero-order valence-electron chi connectivity index (χ0n) is 12.9. The first-order valence-electron chi connectivity index (χ1n) is 7.69. The lowest BCUT2D eigenvalue weighted by atomic mass is 9.99. The summed E-state index contributed by atoms with van der Waals surface area (Å²) in [4.78, 5) is 4.61. The number of aryl methyl sites for hydroxylation is 1. The third kappa shape index (κ3) is 3.34. The van der Waals surface area contributed by atoms with Gasteiger partial charge in [0.05, 0.1) is 10.9 Å². The van der Waals surface area contributed by atoms with Crippen molar-refractivity contribution in [3.8, 4) is 0 Å². The largest absolute Gasteiger partial charge is 0.249 e. The molecule has 0 unspecified atom stereocenters. The van der Waals surface area contributed by atoms with Crippen molar-refractivity contribution >= 4 is 26.0 Å². The van der Waals surface area contributed by atoms with Gasteiger partial charge in [0, 0.05) is 18.3 Å². The molecule has 1 aliphatic rings. The molecule has 1 aliphatic heterocycles. The Hall–Kier alpha value is -1.24. The van der Waals surface area contributed by atoms with E-state index in [9.17, 15) is 8.42 Å². The van der Waals surface area contributed by atoms with E-state index in [1.54, 1.807) is 22.6 Å². The number of halogens is 1. The lowest BCUT2D eigenvalue weighted by molar-refractivity contribution is 0.255. The lowest BCUT2D eigenvalue weighted by Crippen LogP contribution is -2.38. The topological polar surface area (TPSA) is 50.3 Å². The van der Waals surface area contributed by atoms with Gasteiger partial charge in [-0.2, -0.15) is 4.31 Å². The summed E-state index contributed by atoms with van der Waals surface area (Å²) in [6.07, 6.45) is 4.43. The normalized spacial score (nSPS) is 19.7. The Kier molecular flexibility index (Phi) is 4.85. The van der Waals surface area contributed by atoms with Crippen LogP contribution < -0.4 is 0 Å². The van der Waals surface area contributed by atoms with Crippen LogP contribution in [0.2, 0.25) is 0 Å². The first-order valence-corrected chi connectivity index (χ1v) is 9.92.